The summed E-state index contributed by atoms with van der Waals surface area (Å²) < 4.78 is 0. The number of hydrogen-bond donors (Lipinski definition) is 2. The summed E-state index contributed by atoms with van der Waals surface area (Å²) in [5, 5.41) is 7.62. The van der Waals surface area contributed by atoms with Crippen molar-refractivity contribution >= 4 is 17.3 Å². The fourth-order valence-electron chi connectivity index (χ4n) is 2.22. The number of hydrogen-bond acceptors (Lipinski definition) is 1. The molecular formula is C13H26N2S. The minimum Gasteiger partial charge on any atom is -0.362 e. The Labute approximate surface area is 106 Å². The lowest BCUT2D eigenvalue weighted by molar-refractivity contribution is 0.398. The van der Waals surface area contributed by atoms with Crippen LogP contribution in [0.15, 0.2) is 0 Å². The van der Waals surface area contributed by atoms with E-state index < -0.39 is 0 Å². The molecular weight excluding hydrogens is 216 g/mol. The first kappa shape index (κ1) is 13.8. The predicted octanol–water partition coefficient (Wildman–Crippen LogP) is 3.08. The van der Waals surface area contributed by atoms with Crippen LogP contribution in [0.5, 0.6) is 0 Å². The predicted molar refractivity (Wildman–Crippen MR) is 74.6 cm³/mol. The van der Waals surface area contributed by atoms with Gasteiger partial charge >= 0.3 is 0 Å². The summed E-state index contributed by atoms with van der Waals surface area (Å²) in [5.74, 6) is 1.40. The summed E-state index contributed by atoms with van der Waals surface area (Å²) in [5.41, 5.74) is 0. The summed E-state index contributed by atoms with van der Waals surface area (Å²) in [6.45, 7) is 7.70. The van der Waals surface area contributed by atoms with E-state index in [1.165, 1.54) is 32.1 Å². The van der Waals surface area contributed by atoms with Gasteiger partial charge in [0.2, 0.25) is 0 Å². The van der Waals surface area contributed by atoms with Crippen molar-refractivity contribution in [3.05, 3.63) is 0 Å². The fourth-order valence-corrected chi connectivity index (χ4v) is 2.46. The zero-order valence-corrected chi connectivity index (χ0v) is 11.7. The maximum atomic E-state index is 5.33. The Hall–Kier alpha value is -0.310. The Balaban J connectivity index is 2.30. The molecule has 0 radical (unpaired) electrons. The summed E-state index contributed by atoms with van der Waals surface area (Å²) >= 11 is 5.33. The summed E-state index contributed by atoms with van der Waals surface area (Å²) in [6.07, 6.45) is 6.71. The third-order valence-electron chi connectivity index (χ3n) is 3.35. The summed E-state index contributed by atoms with van der Waals surface area (Å²) in [6, 6.07) is 0.578. The van der Waals surface area contributed by atoms with E-state index in [-0.39, 0.29) is 0 Å². The molecule has 1 aliphatic carbocycles. The molecule has 1 saturated carbocycles. The Morgan fingerprint density at radius 1 is 1.25 bits per heavy atom. The molecule has 0 aromatic rings. The van der Waals surface area contributed by atoms with Gasteiger partial charge in [-0.2, -0.15) is 0 Å². The van der Waals surface area contributed by atoms with E-state index >= 15 is 0 Å². The second kappa shape index (κ2) is 7.10. The van der Waals surface area contributed by atoms with Gasteiger partial charge in [-0.15, -0.1) is 0 Å². The molecule has 1 aliphatic rings. The van der Waals surface area contributed by atoms with Gasteiger partial charge in [0.05, 0.1) is 0 Å². The molecule has 0 bridgehead atoms. The summed E-state index contributed by atoms with van der Waals surface area (Å²) in [4.78, 5) is 0. The van der Waals surface area contributed by atoms with Crippen molar-refractivity contribution < 1.29 is 0 Å². The zero-order chi connectivity index (χ0) is 12.0. The van der Waals surface area contributed by atoms with E-state index in [2.05, 4.69) is 31.4 Å². The average molecular weight is 242 g/mol. The van der Waals surface area contributed by atoms with E-state index in [9.17, 15) is 0 Å². The molecule has 0 aromatic heterocycles. The molecule has 0 heterocycles. The maximum absolute atomic E-state index is 5.33. The van der Waals surface area contributed by atoms with E-state index in [0.717, 1.165) is 17.6 Å². The van der Waals surface area contributed by atoms with Crippen LogP contribution in [0.4, 0.5) is 0 Å². The van der Waals surface area contributed by atoms with Crippen LogP contribution in [0.1, 0.15) is 52.9 Å². The Morgan fingerprint density at radius 2 is 1.94 bits per heavy atom. The molecule has 2 atom stereocenters. The van der Waals surface area contributed by atoms with Crippen molar-refractivity contribution in [2.75, 3.05) is 6.54 Å². The SMILES string of the molecule is CC(C)CNC(=S)NC1CCCCCC1C. The van der Waals surface area contributed by atoms with Crippen molar-refractivity contribution in [1.82, 2.24) is 10.6 Å². The van der Waals surface area contributed by atoms with Crippen LogP contribution >= 0.6 is 12.2 Å². The Kier molecular flexibility index (Phi) is 6.10. The minimum atomic E-state index is 0.578. The van der Waals surface area contributed by atoms with Crippen LogP contribution in [0, 0.1) is 11.8 Å². The summed E-state index contributed by atoms with van der Waals surface area (Å²) in [7, 11) is 0. The van der Waals surface area contributed by atoms with E-state index in [0.29, 0.717) is 12.0 Å². The Bertz CT molecular complexity index is 216. The third-order valence-corrected chi connectivity index (χ3v) is 3.61. The quantitative estimate of drug-likeness (QED) is 0.587. The highest BCUT2D eigenvalue weighted by molar-refractivity contribution is 7.80. The van der Waals surface area contributed by atoms with Crippen LogP contribution in [0.2, 0.25) is 0 Å². The standard InChI is InChI=1S/C13H26N2S/c1-10(2)9-14-13(16)15-12-8-6-4-5-7-11(12)3/h10-12H,4-9H2,1-3H3,(H2,14,15,16). The minimum absolute atomic E-state index is 0.578. The largest absolute Gasteiger partial charge is 0.362 e. The van der Waals surface area contributed by atoms with Crippen LogP contribution in [-0.4, -0.2) is 17.7 Å². The van der Waals surface area contributed by atoms with Gasteiger partial charge in [-0.1, -0.05) is 40.0 Å². The average Bonchev–Trinajstić information content (AvgIpc) is 2.42. The van der Waals surface area contributed by atoms with Gasteiger partial charge in [-0.3, -0.25) is 0 Å². The number of thiocarbonyl (C=S) groups is 1. The van der Waals surface area contributed by atoms with Gasteiger partial charge in [0.15, 0.2) is 5.11 Å². The third kappa shape index (κ3) is 5.15. The fraction of sp³-hybridized carbons (Fsp3) is 0.923. The molecule has 0 aliphatic heterocycles. The molecule has 0 saturated heterocycles. The van der Waals surface area contributed by atoms with Gasteiger partial charge in [0.1, 0.15) is 0 Å². The molecule has 2 unspecified atom stereocenters. The van der Waals surface area contributed by atoms with Crippen molar-refractivity contribution in [2.24, 2.45) is 11.8 Å². The smallest absolute Gasteiger partial charge is 0.166 e. The first-order chi connectivity index (χ1) is 7.59. The monoisotopic (exact) mass is 242 g/mol. The lowest BCUT2D eigenvalue weighted by atomic mass is 9.97. The highest BCUT2D eigenvalue weighted by atomic mass is 32.1. The van der Waals surface area contributed by atoms with Crippen LogP contribution < -0.4 is 10.6 Å². The Morgan fingerprint density at radius 3 is 2.62 bits per heavy atom. The van der Waals surface area contributed by atoms with Crippen molar-refractivity contribution in [3.63, 3.8) is 0 Å². The van der Waals surface area contributed by atoms with Gasteiger partial charge < -0.3 is 10.6 Å². The molecule has 3 heteroatoms. The highest BCUT2D eigenvalue weighted by Gasteiger charge is 2.20. The second-order valence-corrected chi connectivity index (χ2v) is 5.88. The van der Waals surface area contributed by atoms with Gasteiger partial charge in [0, 0.05) is 12.6 Å². The van der Waals surface area contributed by atoms with Crippen LogP contribution in [0.3, 0.4) is 0 Å². The van der Waals surface area contributed by atoms with E-state index in [1.54, 1.807) is 0 Å². The van der Waals surface area contributed by atoms with Crippen molar-refractivity contribution in [3.8, 4) is 0 Å². The molecule has 1 rings (SSSR count). The lowest BCUT2D eigenvalue weighted by Crippen LogP contribution is -2.45. The molecule has 2 nitrogen and oxygen atoms in total. The molecule has 2 N–H and O–H groups in total. The normalized spacial score (nSPS) is 26.2. The van der Waals surface area contributed by atoms with Crippen molar-refractivity contribution in [2.45, 2.75) is 58.9 Å². The molecule has 94 valence electrons. The maximum Gasteiger partial charge on any atom is 0.166 e. The molecule has 0 amide bonds. The van der Waals surface area contributed by atoms with Gasteiger partial charge in [0.25, 0.3) is 0 Å². The van der Waals surface area contributed by atoms with Gasteiger partial charge in [-0.25, -0.2) is 0 Å². The van der Waals surface area contributed by atoms with Gasteiger partial charge in [-0.05, 0) is 36.9 Å². The van der Waals surface area contributed by atoms with Crippen LogP contribution in [-0.2, 0) is 0 Å². The first-order valence-corrected chi connectivity index (χ1v) is 7.04. The van der Waals surface area contributed by atoms with Crippen molar-refractivity contribution in [1.29, 1.82) is 0 Å². The topological polar surface area (TPSA) is 24.1 Å². The van der Waals surface area contributed by atoms with Crippen LogP contribution in [0.25, 0.3) is 0 Å². The number of rotatable bonds is 3. The highest BCUT2D eigenvalue weighted by Crippen LogP contribution is 2.22. The first-order valence-electron chi connectivity index (χ1n) is 6.64. The lowest BCUT2D eigenvalue weighted by Gasteiger charge is -2.25. The van der Waals surface area contributed by atoms with E-state index in [1.807, 2.05) is 0 Å². The molecule has 1 fully saturated rings. The second-order valence-electron chi connectivity index (χ2n) is 5.47. The zero-order valence-electron chi connectivity index (χ0n) is 10.9. The molecule has 0 spiro atoms. The molecule has 0 aromatic carbocycles. The van der Waals surface area contributed by atoms with E-state index in [4.69, 9.17) is 12.2 Å². The molecule has 16 heavy (non-hydrogen) atoms. The number of nitrogens with one attached hydrogen (secondary N) is 2.